The van der Waals surface area contributed by atoms with Gasteiger partial charge in [0.05, 0.1) is 5.39 Å². The number of aryl methyl sites for hydroxylation is 4. The van der Waals surface area contributed by atoms with Crippen molar-refractivity contribution in [3.05, 3.63) is 77.0 Å². The number of benzene rings is 1. The molecule has 1 aliphatic heterocycles. The fourth-order valence-electron chi connectivity index (χ4n) is 4.44. The highest BCUT2D eigenvalue weighted by Gasteiger charge is 2.36. The van der Waals surface area contributed by atoms with Crippen LogP contribution in [0.3, 0.4) is 0 Å². The summed E-state index contributed by atoms with van der Waals surface area (Å²) in [5.41, 5.74) is 6.92. The Morgan fingerprint density at radius 3 is 2.70 bits per heavy atom. The van der Waals surface area contributed by atoms with E-state index >= 15 is 0 Å². The molecule has 5 heteroatoms. The first-order valence-electron chi connectivity index (χ1n) is 11.6. The van der Waals surface area contributed by atoms with E-state index in [0.29, 0.717) is 11.6 Å². The zero-order chi connectivity index (χ0) is 23.5. The Morgan fingerprint density at radius 2 is 1.93 bits per heavy atom. The maximum absolute atomic E-state index is 7.72. The maximum atomic E-state index is 7.72. The minimum Gasteiger partial charge on any atom is -0.423 e. The molecule has 3 aromatic heterocycles. The van der Waals surface area contributed by atoms with Gasteiger partial charge in [-0.25, -0.2) is 9.55 Å². The molecule has 0 saturated heterocycles. The van der Waals surface area contributed by atoms with E-state index < -0.39 is 6.85 Å². The molecule has 4 aromatic rings. The zero-order valence-electron chi connectivity index (χ0n) is 20.6. The lowest BCUT2D eigenvalue weighted by Crippen LogP contribution is -2.60. The van der Waals surface area contributed by atoms with Gasteiger partial charge in [-0.15, -0.1) is 0 Å². The molecule has 4 heterocycles. The Labute approximate surface area is 181 Å². The van der Waals surface area contributed by atoms with Gasteiger partial charge in [0.15, 0.2) is 17.7 Å². The van der Waals surface area contributed by atoms with Crippen LogP contribution in [0.15, 0.2) is 59.1 Å². The molecule has 0 unspecified atom stereocenters. The molecule has 1 aliphatic rings. The summed E-state index contributed by atoms with van der Waals surface area (Å²) in [7, 11) is 4.06. The second-order valence-electron chi connectivity index (χ2n) is 8.01. The first-order chi connectivity index (χ1) is 15.6. The molecule has 0 N–H and O–H groups in total. The Balaban J connectivity index is 1.58. The largest absolute Gasteiger partial charge is 0.423 e. The quantitative estimate of drug-likeness (QED) is 0.377. The van der Waals surface area contributed by atoms with Crippen LogP contribution in [-0.2, 0) is 7.05 Å². The van der Waals surface area contributed by atoms with Crippen LogP contribution < -0.4 is 15.0 Å². The lowest BCUT2D eigenvalue weighted by atomic mass is 9.55. The van der Waals surface area contributed by atoms with Gasteiger partial charge in [-0.2, -0.15) is 0 Å². The van der Waals surface area contributed by atoms with E-state index in [9.17, 15) is 0 Å². The van der Waals surface area contributed by atoms with Crippen LogP contribution in [0.2, 0.25) is 0 Å². The smallest absolute Gasteiger partial charge is 0.398 e. The summed E-state index contributed by atoms with van der Waals surface area (Å²) < 4.78 is 31.4. The number of aromatic nitrogens is 2. The van der Waals surface area contributed by atoms with Crippen molar-refractivity contribution in [2.75, 3.05) is 11.9 Å². The fraction of sp³-hybridized carbons (Fsp3) is 0.200. The van der Waals surface area contributed by atoms with Crippen molar-refractivity contribution >= 4 is 35.5 Å². The monoisotopic (exact) mass is 397 g/mol. The van der Waals surface area contributed by atoms with Gasteiger partial charge in [0.2, 0.25) is 5.71 Å². The Morgan fingerprint density at radius 1 is 1.13 bits per heavy atom. The number of nitrogens with zero attached hydrogens (tertiary/aromatic N) is 3. The number of pyridine rings is 2. The molecule has 148 valence electrons. The first-order valence-corrected chi connectivity index (χ1v) is 10.1. The summed E-state index contributed by atoms with van der Waals surface area (Å²) in [6, 6.07) is 14.2. The summed E-state index contributed by atoms with van der Waals surface area (Å²) >= 11 is 0. The second kappa shape index (κ2) is 6.87. The molecule has 0 atom stereocenters. The van der Waals surface area contributed by atoms with Crippen LogP contribution in [0.5, 0.6) is 0 Å². The Hall–Kier alpha value is -3.34. The van der Waals surface area contributed by atoms with Crippen LogP contribution in [-0.4, -0.2) is 18.9 Å². The standard InChI is InChI=1S/C25H25BN3O/c1-16-14-22(28(4)15-21(16)19-9-7-6-8-10-19)26-12-11-20-23-17(2)13-18(3)27-24(23)30-25(20)29(26)5/h6-15H,1-5H3/q+1/i3D3. The van der Waals surface area contributed by atoms with Gasteiger partial charge in [-0.3, -0.25) is 0 Å². The first kappa shape index (κ1) is 15.5. The third-order valence-electron chi connectivity index (χ3n) is 5.97. The molecular formula is C25H25BN3O+. The lowest BCUT2D eigenvalue weighted by Gasteiger charge is -2.25. The fourth-order valence-corrected chi connectivity index (χ4v) is 4.44. The number of furan rings is 1. The number of rotatable bonds is 2. The van der Waals surface area contributed by atoms with Crippen molar-refractivity contribution < 1.29 is 13.1 Å². The van der Waals surface area contributed by atoms with Crippen LogP contribution in [0.4, 0.5) is 5.88 Å². The van der Waals surface area contributed by atoms with Crippen molar-refractivity contribution in [3.63, 3.8) is 0 Å². The average molecular weight is 397 g/mol. The van der Waals surface area contributed by atoms with Crippen LogP contribution >= 0.6 is 0 Å². The van der Waals surface area contributed by atoms with Crippen molar-refractivity contribution in [2.45, 2.75) is 20.7 Å². The molecule has 0 bridgehead atoms. The van der Waals surface area contributed by atoms with Crippen LogP contribution in [0.1, 0.15) is 26.5 Å². The van der Waals surface area contributed by atoms with E-state index in [1.807, 2.05) is 20.0 Å². The minimum atomic E-state index is -2.28. The van der Waals surface area contributed by atoms with Gasteiger partial charge in [0, 0.05) is 27.0 Å². The summed E-state index contributed by atoms with van der Waals surface area (Å²) in [5.74, 6) is 2.85. The highest BCUT2D eigenvalue weighted by Crippen LogP contribution is 2.37. The zero-order valence-corrected chi connectivity index (χ0v) is 17.6. The summed E-state index contributed by atoms with van der Waals surface area (Å²) in [4.78, 5) is 6.41. The number of fused-ring (bicyclic) bond motifs is 3. The van der Waals surface area contributed by atoms with Crippen LogP contribution in [0, 0.1) is 20.7 Å². The molecule has 0 saturated carbocycles. The molecule has 4 nitrogen and oxygen atoms in total. The summed E-state index contributed by atoms with van der Waals surface area (Å²) in [6.07, 6.45) is 4.24. The summed E-state index contributed by atoms with van der Waals surface area (Å²) in [6.45, 7) is 1.73. The van der Waals surface area contributed by atoms with Gasteiger partial charge in [0.25, 0.3) is 0 Å². The highest BCUT2D eigenvalue weighted by atomic mass is 16.4. The van der Waals surface area contributed by atoms with E-state index in [-0.39, 0.29) is 12.5 Å². The van der Waals surface area contributed by atoms with E-state index in [2.05, 4.69) is 76.9 Å². The number of hydrogen-bond acceptors (Lipinski definition) is 3. The topological polar surface area (TPSA) is 33.2 Å². The van der Waals surface area contributed by atoms with Crippen LogP contribution in [0.25, 0.3) is 28.3 Å². The predicted octanol–water partition coefficient (Wildman–Crippen LogP) is 4.15. The van der Waals surface area contributed by atoms with Crippen molar-refractivity contribution in [3.8, 4) is 11.1 Å². The van der Waals surface area contributed by atoms with E-state index in [0.717, 1.165) is 22.1 Å². The molecule has 0 aliphatic carbocycles. The SMILES string of the molecule is [2H]C([2H])([2H])c1cc(C)c2c3c(oc2n1)N(C)B(c1cc(C)c(-c2ccccc2)c[n+]1C)C=C3. The van der Waals surface area contributed by atoms with Crippen molar-refractivity contribution in [2.24, 2.45) is 7.05 Å². The second-order valence-corrected chi connectivity index (χ2v) is 8.01. The van der Waals surface area contributed by atoms with Gasteiger partial charge in [-0.1, -0.05) is 42.4 Å². The predicted molar refractivity (Wildman–Crippen MR) is 124 cm³/mol. The molecule has 0 fully saturated rings. The number of anilines is 1. The molecule has 1 aromatic carbocycles. The molecular weight excluding hydrogens is 369 g/mol. The van der Waals surface area contributed by atoms with E-state index in [4.69, 9.17) is 8.53 Å². The summed E-state index contributed by atoms with van der Waals surface area (Å²) in [5, 5.41) is 0.861. The highest BCUT2D eigenvalue weighted by molar-refractivity contribution is 6.80. The third kappa shape index (κ3) is 2.85. The average Bonchev–Trinajstić information content (AvgIpc) is 3.16. The third-order valence-corrected chi connectivity index (χ3v) is 5.97. The molecule has 0 spiro atoms. The Bertz CT molecular complexity index is 1410. The molecule has 0 radical (unpaired) electrons. The Kier molecular flexibility index (Phi) is 3.55. The minimum absolute atomic E-state index is 0.0334. The van der Waals surface area contributed by atoms with Gasteiger partial charge >= 0.3 is 6.85 Å². The van der Waals surface area contributed by atoms with Crippen molar-refractivity contribution in [1.82, 2.24) is 4.98 Å². The van der Waals surface area contributed by atoms with E-state index in [1.54, 1.807) is 6.07 Å². The normalized spacial score (nSPS) is 15.1. The number of hydrogen-bond donors (Lipinski definition) is 0. The molecule has 0 amide bonds. The lowest BCUT2D eigenvalue weighted by molar-refractivity contribution is -0.653. The molecule has 30 heavy (non-hydrogen) atoms. The molecule has 5 rings (SSSR count). The maximum Gasteiger partial charge on any atom is 0.398 e. The van der Waals surface area contributed by atoms with Gasteiger partial charge in [-0.05, 0) is 50.5 Å². The van der Waals surface area contributed by atoms with E-state index in [1.165, 1.54) is 16.7 Å². The van der Waals surface area contributed by atoms with Gasteiger partial charge in [0.1, 0.15) is 7.05 Å². The van der Waals surface area contributed by atoms with Crippen molar-refractivity contribution in [1.29, 1.82) is 0 Å². The van der Waals surface area contributed by atoms with Gasteiger partial charge < -0.3 is 9.23 Å².